The highest BCUT2D eigenvalue weighted by Crippen LogP contribution is 2.24. The highest BCUT2D eigenvalue weighted by molar-refractivity contribution is 6.16. The molecule has 0 atom stereocenters. The van der Waals surface area contributed by atoms with E-state index in [9.17, 15) is 14.4 Å². The van der Waals surface area contributed by atoms with Gasteiger partial charge in [-0.15, -0.1) is 0 Å². The molecule has 0 aliphatic carbocycles. The number of hydrogen-bond donors (Lipinski definition) is 3. The van der Waals surface area contributed by atoms with Gasteiger partial charge in [0.25, 0.3) is 0 Å². The lowest BCUT2D eigenvalue weighted by Gasteiger charge is -2.10. The van der Waals surface area contributed by atoms with Crippen LogP contribution in [0.1, 0.15) is 36.6 Å². The Morgan fingerprint density at radius 2 is 1.38 bits per heavy atom. The molecule has 0 aromatic heterocycles. The van der Waals surface area contributed by atoms with Gasteiger partial charge >= 0.3 is 11.9 Å². The Morgan fingerprint density at radius 3 is 1.90 bits per heavy atom. The number of carboxylic acids is 2. The number of rotatable bonds is 4. The zero-order valence-corrected chi connectivity index (χ0v) is 10.7. The standard InChI is InChI=1S/C15H11NO5/c16-12-10(13(17)8-4-2-1-3-5-8)7-6-9(14(18)19)11(12)15(20)21/h1-7H,16H2,(H,18,19)(H,20,21). The second-order valence-electron chi connectivity index (χ2n) is 4.25. The van der Waals surface area contributed by atoms with E-state index in [1.165, 1.54) is 6.07 Å². The fraction of sp³-hybridized carbons (Fsp3) is 0. The van der Waals surface area contributed by atoms with Crippen molar-refractivity contribution in [3.63, 3.8) is 0 Å². The normalized spacial score (nSPS) is 10.1. The maximum atomic E-state index is 12.3. The molecule has 0 spiro atoms. The highest BCUT2D eigenvalue weighted by atomic mass is 16.4. The Kier molecular flexibility index (Phi) is 3.71. The van der Waals surface area contributed by atoms with Gasteiger partial charge in [-0.1, -0.05) is 30.3 Å². The fourth-order valence-electron chi connectivity index (χ4n) is 1.97. The average molecular weight is 285 g/mol. The number of nitrogens with two attached hydrogens (primary N) is 1. The van der Waals surface area contributed by atoms with Crippen LogP contribution in [0.2, 0.25) is 0 Å². The van der Waals surface area contributed by atoms with Crippen molar-refractivity contribution in [2.45, 2.75) is 0 Å². The van der Waals surface area contributed by atoms with Crippen molar-refractivity contribution >= 4 is 23.4 Å². The van der Waals surface area contributed by atoms with Crippen LogP contribution in [-0.2, 0) is 0 Å². The number of benzene rings is 2. The van der Waals surface area contributed by atoms with Crippen molar-refractivity contribution in [3.05, 3.63) is 64.7 Å². The summed E-state index contributed by atoms with van der Waals surface area (Å²) in [5, 5.41) is 18.1. The van der Waals surface area contributed by atoms with Crippen molar-refractivity contribution in [1.82, 2.24) is 0 Å². The average Bonchev–Trinajstić information content (AvgIpc) is 2.46. The third-order valence-corrected chi connectivity index (χ3v) is 2.97. The second kappa shape index (κ2) is 5.46. The van der Waals surface area contributed by atoms with Crippen LogP contribution in [0.15, 0.2) is 42.5 Å². The minimum Gasteiger partial charge on any atom is -0.478 e. The Balaban J connectivity index is 2.62. The van der Waals surface area contributed by atoms with Gasteiger partial charge in [0, 0.05) is 11.1 Å². The number of carboxylic acid groups (broad SMARTS) is 2. The molecule has 0 bridgehead atoms. The molecule has 106 valence electrons. The third-order valence-electron chi connectivity index (χ3n) is 2.97. The molecule has 21 heavy (non-hydrogen) atoms. The minimum atomic E-state index is -1.49. The maximum absolute atomic E-state index is 12.3. The summed E-state index contributed by atoms with van der Waals surface area (Å²) >= 11 is 0. The zero-order valence-electron chi connectivity index (χ0n) is 10.7. The van der Waals surface area contributed by atoms with Gasteiger partial charge in [0.1, 0.15) is 0 Å². The number of aromatic carboxylic acids is 2. The largest absolute Gasteiger partial charge is 0.478 e. The van der Waals surface area contributed by atoms with Gasteiger partial charge in [-0.2, -0.15) is 0 Å². The lowest BCUT2D eigenvalue weighted by Crippen LogP contribution is -2.15. The minimum absolute atomic E-state index is 0.0383. The fourth-order valence-corrected chi connectivity index (χ4v) is 1.97. The van der Waals surface area contributed by atoms with Gasteiger partial charge in [0.05, 0.1) is 16.8 Å². The maximum Gasteiger partial charge on any atom is 0.338 e. The molecular weight excluding hydrogens is 274 g/mol. The SMILES string of the molecule is Nc1c(C(=O)c2ccccc2)ccc(C(=O)O)c1C(=O)O. The van der Waals surface area contributed by atoms with Crippen LogP contribution in [0.3, 0.4) is 0 Å². The summed E-state index contributed by atoms with van der Waals surface area (Å²) in [5.74, 6) is -3.38. The Bertz CT molecular complexity index is 737. The predicted octanol–water partition coefficient (Wildman–Crippen LogP) is 1.90. The Labute approximate surface area is 119 Å². The van der Waals surface area contributed by atoms with Gasteiger partial charge in [-0.05, 0) is 12.1 Å². The van der Waals surface area contributed by atoms with Crippen LogP contribution in [0.5, 0.6) is 0 Å². The molecule has 2 rings (SSSR count). The third kappa shape index (κ3) is 2.59. The van der Waals surface area contributed by atoms with E-state index in [1.807, 2.05) is 0 Å². The smallest absolute Gasteiger partial charge is 0.338 e. The van der Waals surface area contributed by atoms with Crippen molar-refractivity contribution in [2.75, 3.05) is 5.73 Å². The molecule has 0 heterocycles. The number of carbonyl (C=O) groups is 3. The van der Waals surface area contributed by atoms with Crippen molar-refractivity contribution in [3.8, 4) is 0 Å². The van der Waals surface area contributed by atoms with E-state index in [1.54, 1.807) is 30.3 Å². The molecule has 2 aromatic rings. The predicted molar refractivity (Wildman–Crippen MR) is 74.6 cm³/mol. The molecule has 6 heteroatoms. The van der Waals surface area contributed by atoms with E-state index in [-0.39, 0.29) is 11.3 Å². The summed E-state index contributed by atoms with van der Waals surface area (Å²) < 4.78 is 0. The number of ketones is 1. The van der Waals surface area contributed by atoms with E-state index < -0.39 is 28.8 Å². The molecule has 0 amide bonds. The van der Waals surface area contributed by atoms with Crippen LogP contribution in [0, 0.1) is 0 Å². The van der Waals surface area contributed by atoms with Crippen LogP contribution < -0.4 is 5.73 Å². The first-order chi connectivity index (χ1) is 9.93. The number of hydrogen-bond acceptors (Lipinski definition) is 4. The Hall–Kier alpha value is -3.15. The van der Waals surface area contributed by atoms with Crippen molar-refractivity contribution < 1.29 is 24.6 Å². The Morgan fingerprint density at radius 1 is 0.810 bits per heavy atom. The molecular formula is C15H11NO5. The molecule has 0 saturated heterocycles. The first-order valence-corrected chi connectivity index (χ1v) is 5.92. The summed E-state index contributed by atoms with van der Waals surface area (Å²) in [4.78, 5) is 34.5. The molecule has 2 aromatic carbocycles. The summed E-state index contributed by atoms with van der Waals surface area (Å²) in [6.45, 7) is 0. The molecule has 0 radical (unpaired) electrons. The summed E-state index contributed by atoms with van der Waals surface area (Å²) in [7, 11) is 0. The summed E-state index contributed by atoms with van der Waals surface area (Å²) in [6, 6.07) is 10.5. The van der Waals surface area contributed by atoms with Crippen LogP contribution in [0.4, 0.5) is 5.69 Å². The van der Waals surface area contributed by atoms with Crippen molar-refractivity contribution in [2.24, 2.45) is 0 Å². The number of carbonyl (C=O) groups excluding carboxylic acids is 1. The van der Waals surface area contributed by atoms with E-state index in [0.29, 0.717) is 5.56 Å². The second-order valence-corrected chi connectivity index (χ2v) is 4.25. The van der Waals surface area contributed by atoms with E-state index in [4.69, 9.17) is 15.9 Å². The van der Waals surface area contributed by atoms with Gasteiger partial charge in [-0.3, -0.25) is 4.79 Å². The van der Waals surface area contributed by atoms with Crippen LogP contribution >= 0.6 is 0 Å². The molecule has 4 N–H and O–H groups in total. The monoisotopic (exact) mass is 285 g/mol. The van der Waals surface area contributed by atoms with E-state index in [2.05, 4.69) is 0 Å². The van der Waals surface area contributed by atoms with Gasteiger partial charge in [-0.25, -0.2) is 9.59 Å². The van der Waals surface area contributed by atoms with Gasteiger partial charge < -0.3 is 15.9 Å². The molecule has 0 unspecified atom stereocenters. The summed E-state index contributed by atoms with van der Waals surface area (Å²) in [6.07, 6.45) is 0. The first kappa shape index (κ1) is 14.3. The van der Waals surface area contributed by atoms with E-state index in [0.717, 1.165) is 6.07 Å². The number of anilines is 1. The summed E-state index contributed by atoms with van der Waals surface area (Å²) in [5.41, 5.74) is 4.61. The molecule has 0 fully saturated rings. The van der Waals surface area contributed by atoms with E-state index >= 15 is 0 Å². The number of nitrogen functional groups attached to an aromatic ring is 1. The molecule has 6 nitrogen and oxygen atoms in total. The quantitative estimate of drug-likeness (QED) is 0.583. The first-order valence-electron chi connectivity index (χ1n) is 5.92. The van der Waals surface area contributed by atoms with Crippen LogP contribution in [0.25, 0.3) is 0 Å². The lowest BCUT2D eigenvalue weighted by atomic mass is 9.95. The zero-order chi connectivity index (χ0) is 15.6. The van der Waals surface area contributed by atoms with Gasteiger partial charge in [0.15, 0.2) is 5.78 Å². The molecule has 0 aliphatic rings. The molecule has 0 saturated carbocycles. The van der Waals surface area contributed by atoms with Gasteiger partial charge in [0.2, 0.25) is 0 Å². The van der Waals surface area contributed by atoms with Crippen LogP contribution in [-0.4, -0.2) is 27.9 Å². The lowest BCUT2D eigenvalue weighted by molar-refractivity contribution is 0.0652. The van der Waals surface area contributed by atoms with Crippen molar-refractivity contribution in [1.29, 1.82) is 0 Å². The topological polar surface area (TPSA) is 118 Å². The highest BCUT2D eigenvalue weighted by Gasteiger charge is 2.24. The molecule has 0 aliphatic heterocycles.